The van der Waals surface area contributed by atoms with Crippen molar-refractivity contribution in [1.29, 1.82) is 0 Å². The fourth-order valence-corrected chi connectivity index (χ4v) is 2.45. The van der Waals surface area contributed by atoms with Gasteiger partial charge in [-0.2, -0.15) is 0 Å². The van der Waals surface area contributed by atoms with Gasteiger partial charge >= 0.3 is 0 Å². The van der Waals surface area contributed by atoms with Crippen molar-refractivity contribution >= 4 is 34.8 Å². The lowest BCUT2D eigenvalue weighted by Crippen LogP contribution is -2.30. The molecule has 1 amide bonds. The van der Waals surface area contributed by atoms with E-state index in [9.17, 15) is 4.79 Å². The Hall–Kier alpha value is -1.37. The summed E-state index contributed by atoms with van der Waals surface area (Å²) in [4.78, 5) is 18.3. The lowest BCUT2D eigenvalue weighted by Gasteiger charge is -2.16. The molecule has 2 aromatic heterocycles. The molecule has 0 aliphatic carbocycles. The van der Waals surface area contributed by atoms with Crippen molar-refractivity contribution < 1.29 is 9.21 Å². The second-order valence-electron chi connectivity index (χ2n) is 3.83. The SMILES string of the molecule is CCN(C(=O)c1coc(CN)c1)c1nc(C)cs1.Cl. The van der Waals surface area contributed by atoms with Crippen molar-refractivity contribution in [3.8, 4) is 0 Å². The average Bonchev–Trinajstić information content (AvgIpc) is 2.99. The fraction of sp³-hybridized carbons (Fsp3) is 0.333. The maximum atomic E-state index is 12.3. The first-order chi connectivity index (χ1) is 8.65. The Balaban J connectivity index is 0.00000180. The van der Waals surface area contributed by atoms with Gasteiger partial charge in [0.2, 0.25) is 0 Å². The molecule has 19 heavy (non-hydrogen) atoms. The molecule has 0 unspecified atom stereocenters. The van der Waals surface area contributed by atoms with Gasteiger partial charge in [-0.3, -0.25) is 9.69 Å². The van der Waals surface area contributed by atoms with E-state index in [-0.39, 0.29) is 24.9 Å². The van der Waals surface area contributed by atoms with Gasteiger partial charge in [-0.1, -0.05) is 0 Å². The Bertz CT molecular complexity index is 553. The van der Waals surface area contributed by atoms with Crippen LogP contribution in [0, 0.1) is 6.92 Å². The third kappa shape index (κ3) is 3.34. The Kier molecular flexibility index (Phi) is 5.53. The summed E-state index contributed by atoms with van der Waals surface area (Å²) in [6, 6.07) is 1.67. The van der Waals surface area contributed by atoms with Crippen molar-refractivity contribution in [1.82, 2.24) is 4.98 Å². The number of rotatable bonds is 4. The number of carbonyl (C=O) groups excluding carboxylic acids is 1. The van der Waals surface area contributed by atoms with Gasteiger partial charge in [-0.05, 0) is 19.9 Å². The molecule has 104 valence electrons. The van der Waals surface area contributed by atoms with Crippen LogP contribution in [-0.2, 0) is 6.54 Å². The van der Waals surface area contributed by atoms with Crippen LogP contribution in [0.1, 0.15) is 28.7 Å². The summed E-state index contributed by atoms with van der Waals surface area (Å²) in [6.45, 7) is 4.67. The average molecular weight is 302 g/mol. The number of nitrogens with two attached hydrogens (primary N) is 1. The summed E-state index contributed by atoms with van der Waals surface area (Å²) in [6.07, 6.45) is 1.44. The number of carbonyl (C=O) groups is 1. The number of hydrogen-bond donors (Lipinski definition) is 1. The number of thiazole rings is 1. The highest BCUT2D eigenvalue weighted by atomic mass is 35.5. The van der Waals surface area contributed by atoms with Crippen molar-refractivity contribution in [3.63, 3.8) is 0 Å². The van der Waals surface area contributed by atoms with Crippen LogP contribution in [0.4, 0.5) is 5.13 Å². The van der Waals surface area contributed by atoms with Crippen LogP contribution >= 0.6 is 23.7 Å². The van der Waals surface area contributed by atoms with E-state index in [1.165, 1.54) is 17.6 Å². The van der Waals surface area contributed by atoms with E-state index < -0.39 is 0 Å². The van der Waals surface area contributed by atoms with E-state index in [0.29, 0.717) is 23.0 Å². The minimum Gasteiger partial charge on any atom is -0.467 e. The molecule has 0 bridgehead atoms. The Morgan fingerprint density at radius 3 is 2.79 bits per heavy atom. The number of amides is 1. The molecular weight excluding hydrogens is 286 g/mol. The molecule has 7 heteroatoms. The highest BCUT2D eigenvalue weighted by Crippen LogP contribution is 2.22. The highest BCUT2D eigenvalue weighted by Gasteiger charge is 2.20. The molecule has 0 aromatic carbocycles. The summed E-state index contributed by atoms with van der Waals surface area (Å²) in [5.74, 6) is 0.486. The van der Waals surface area contributed by atoms with Crippen LogP contribution in [0.2, 0.25) is 0 Å². The second-order valence-corrected chi connectivity index (χ2v) is 4.66. The second kappa shape index (κ2) is 6.70. The van der Waals surface area contributed by atoms with Crippen molar-refractivity contribution in [2.45, 2.75) is 20.4 Å². The predicted molar refractivity (Wildman–Crippen MR) is 78.0 cm³/mol. The topological polar surface area (TPSA) is 72.4 Å². The van der Waals surface area contributed by atoms with Gasteiger partial charge in [0.05, 0.1) is 17.8 Å². The largest absolute Gasteiger partial charge is 0.467 e. The number of aromatic nitrogens is 1. The van der Waals surface area contributed by atoms with Crippen LogP contribution in [0.3, 0.4) is 0 Å². The van der Waals surface area contributed by atoms with Gasteiger partial charge in [0.15, 0.2) is 5.13 Å². The van der Waals surface area contributed by atoms with Gasteiger partial charge in [-0.15, -0.1) is 23.7 Å². The van der Waals surface area contributed by atoms with Crippen molar-refractivity contribution in [2.24, 2.45) is 5.73 Å². The maximum absolute atomic E-state index is 12.3. The molecule has 2 rings (SSSR count). The predicted octanol–water partition coefficient (Wildman–Crippen LogP) is 2.59. The third-order valence-corrected chi connectivity index (χ3v) is 3.48. The number of furan rings is 1. The van der Waals surface area contributed by atoms with Crippen LogP contribution in [0.5, 0.6) is 0 Å². The normalized spacial score (nSPS) is 10.1. The molecule has 5 nitrogen and oxygen atoms in total. The number of hydrogen-bond acceptors (Lipinski definition) is 5. The zero-order valence-corrected chi connectivity index (χ0v) is 12.4. The summed E-state index contributed by atoms with van der Waals surface area (Å²) in [5.41, 5.74) is 6.88. The molecular formula is C12H16ClN3O2S. The lowest BCUT2D eigenvalue weighted by molar-refractivity contribution is 0.0987. The molecule has 0 atom stereocenters. The first-order valence-electron chi connectivity index (χ1n) is 5.67. The third-order valence-electron chi connectivity index (χ3n) is 2.50. The minimum absolute atomic E-state index is 0. The molecule has 0 saturated heterocycles. The quantitative estimate of drug-likeness (QED) is 0.942. The Labute approximate surface area is 121 Å². The van der Waals surface area contributed by atoms with Crippen LogP contribution in [0.25, 0.3) is 0 Å². The van der Waals surface area contributed by atoms with Crippen LogP contribution < -0.4 is 10.6 Å². The van der Waals surface area contributed by atoms with Gasteiger partial charge < -0.3 is 10.2 Å². The molecule has 0 aliphatic rings. The number of halogens is 1. The number of anilines is 1. The molecule has 0 spiro atoms. The van der Waals surface area contributed by atoms with E-state index in [4.69, 9.17) is 10.2 Å². The summed E-state index contributed by atoms with van der Waals surface area (Å²) in [5, 5.41) is 2.63. The summed E-state index contributed by atoms with van der Waals surface area (Å²) < 4.78 is 5.18. The fourth-order valence-electron chi connectivity index (χ4n) is 1.59. The molecule has 0 saturated carbocycles. The summed E-state index contributed by atoms with van der Waals surface area (Å²) in [7, 11) is 0. The van der Waals surface area contributed by atoms with Gasteiger partial charge in [0, 0.05) is 11.9 Å². The van der Waals surface area contributed by atoms with E-state index in [1.807, 2.05) is 19.2 Å². The maximum Gasteiger partial charge on any atom is 0.263 e. The first-order valence-corrected chi connectivity index (χ1v) is 6.55. The van der Waals surface area contributed by atoms with E-state index in [1.54, 1.807) is 11.0 Å². The zero-order valence-electron chi connectivity index (χ0n) is 10.8. The van der Waals surface area contributed by atoms with Crippen molar-refractivity contribution in [3.05, 3.63) is 34.7 Å². The minimum atomic E-state index is -0.115. The summed E-state index contributed by atoms with van der Waals surface area (Å²) >= 11 is 1.46. The van der Waals surface area contributed by atoms with Crippen LogP contribution in [0.15, 0.2) is 22.1 Å². The Morgan fingerprint density at radius 2 is 2.32 bits per heavy atom. The molecule has 0 fully saturated rings. The smallest absolute Gasteiger partial charge is 0.263 e. The monoisotopic (exact) mass is 301 g/mol. The number of aryl methyl sites for hydroxylation is 1. The highest BCUT2D eigenvalue weighted by molar-refractivity contribution is 7.14. The molecule has 2 aromatic rings. The molecule has 2 N–H and O–H groups in total. The van der Waals surface area contributed by atoms with Gasteiger partial charge in [-0.25, -0.2) is 4.98 Å². The van der Waals surface area contributed by atoms with Gasteiger partial charge in [0.25, 0.3) is 5.91 Å². The molecule has 0 aliphatic heterocycles. The standard InChI is InChI=1S/C12H15N3O2S.ClH/c1-3-15(12-14-8(2)7-18-12)11(16)9-4-10(5-13)17-6-9;/h4,6-7H,3,5,13H2,1-2H3;1H. The van der Waals surface area contributed by atoms with E-state index in [0.717, 1.165) is 5.69 Å². The van der Waals surface area contributed by atoms with Crippen LogP contribution in [-0.4, -0.2) is 17.4 Å². The van der Waals surface area contributed by atoms with Gasteiger partial charge in [0.1, 0.15) is 12.0 Å². The zero-order chi connectivity index (χ0) is 13.1. The first kappa shape index (κ1) is 15.7. The van der Waals surface area contributed by atoms with E-state index >= 15 is 0 Å². The van der Waals surface area contributed by atoms with E-state index in [2.05, 4.69) is 4.98 Å². The molecule has 0 radical (unpaired) electrons. The molecule has 2 heterocycles. The van der Waals surface area contributed by atoms with Crippen molar-refractivity contribution in [2.75, 3.05) is 11.4 Å². The number of nitrogens with zero attached hydrogens (tertiary/aromatic N) is 2. The Morgan fingerprint density at radius 1 is 1.58 bits per heavy atom. The lowest BCUT2D eigenvalue weighted by atomic mass is 10.2.